The highest BCUT2D eigenvalue weighted by Crippen LogP contribution is 2.38. The largest absolute Gasteiger partial charge is 0.375 e. The molecule has 144 valence electrons. The molecule has 0 spiro atoms. The van der Waals surface area contributed by atoms with Gasteiger partial charge in [-0.15, -0.1) is 0 Å². The Labute approximate surface area is 153 Å². The van der Waals surface area contributed by atoms with Crippen LogP contribution in [-0.4, -0.2) is 53.7 Å². The smallest absolute Gasteiger partial charge is 0.249 e. The normalized spacial score (nSPS) is 19.6. The van der Waals surface area contributed by atoms with Crippen LogP contribution in [0.3, 0.4) is 0 Å². The number of likely N-dealkylation sites (tertiary alicyclic amines) is 1. The molecule has 2 aliphatic rings. The molecule has 1 aromatic heterocycles. The maximum atomic E-state index is 12.7. The molecule has 2 amide bonds. The second-order valence-electron chi connectivity index (χ2n) is 7.58. The van der Waals surface area contributed by atoms with E-state index < -0.39 is 0 Å². The van der Waals surface area contributed by atoms with Crippen molar-refractivity contribution < 1.29 is 18.8 Å². The first-order valence-corrected chi connectivity index (χ1v) is 9.40. The van der Waals surface area contributed by atoms with Crippen molar-refractivity contribution in [2.24, 2.45) is 11.8 Å². The summed E-state index contributed by atoms with van der Waals surface area (Å²) in [5, 5.41) is 7.14. The molecule has 1 unspecified atom stereocenters. The number of hydrogen-bond acceptors (Lipinski definition) is 6. The highest BCUT2D eigenvalue weighted by molar-refractivity contribution is 5.80. The van der Waals surface area contributed by atoms with Gasteiger partial charge in [-0.3, -0.25) is 9.59 Å². The Morgan fingerprint density at radius 2 is 1.96 bits per heavy atom. The Bertz CT molecular complexity index is 633. The first-order chi connectivity index (χ1) is 12.5. The summed E-state index contributed by atoms with van der Waals surface area (Å²) in [7, 11) is 1.51. The molecule has 2 heterocycles. The van der Waals surface area contributed by atoms with Gasteiger partial charge in [0.25, 0.3) is 0 Å². The number of nitrogens with zero attached hydrogens (tertiary/aromatic N) is 3. The van der Waals surface area contributed by atoms with Gasteiger partial charge in [-0.2, -0.15) is 4.98 Å². The van der Waals surface area contributed by atoms with E-state index in [0.717, 1.165) is 18.7 Å². The van der Waals surface area contributed by atoms with Crippen LogP contribution in [0.1, 0.15) is 63.2 Å². The van der Waals surface area contributed by atoms with Gasteiger partial charge in [-0.05, 0) is 31.6 Å². The van der Waals surface area contributed by atoms with Crippen molar-refractivity contribution in [3.63, 3.8) is 0 Å². The van der Waals surface area contributed by atoms with Gasteiger partial charge in [0, 0.05) is 32.0 Å². The van der Waals surface area contributed by atoms with Crippen LogP contribution in [0.15, 0.2) is 4.52 Å². The fourth-order valence-electron chi connectivity index (χ4n) is 3.27. The second-order valence-corrected chi connectivity index (χ2v) is 7.58. The van der Waals surface area contributed by atoms with Crippen LogP contribution in [-0.2, 0) is 14.3 Å². The van der Waals surface area contributed by atoms with E-state index in [1.165, 1.54) is 7.11 Å². The van der Waals surface area contributed by atoms with Crippen molar-refractivity contribution in [2.75, 3.05) is 26.8 Å². The van der Waals surface area contributed by atoms with Crippen LogP contribution < -0.4 is 5.32 Å². The molecular formula is C18H28N4O4. The number of rotatable bonds is 7. The zero-order valence-electron chi connectivity index (χ0n) is 15.7. The molecule has 1 aliphatic heterocycles. The van der Waals surface area contributed by atoms with E-state index in [1.807, 2.05) is 13.8 Å². The Kier molecular flexibility index (Phi) is 5.90. The number of aromatic nitrogens is 2. The summed E-state index contributed by atoms with van der Waals surface area (Å²) in [5.74, 6) is 1.68. The lowest BCUT2D eigenvalue weighted by molar-refractivity contribution is -0.139. The van der Waals surface area contributed by atoms with Crippen LogP contribution in [0, 0.1) is 11.8 Å². The van der Waals surface area contributed by atoms with E-state index >= 15 is 0 Å². The van der Waals surface area contributed by atoms with E-state index in [0.29, 0.717) is 37.7 Å². The summed E-state index contributed by atoms with van der Waals surface area (Å²) in [5.41, 5.74) is 0. The van der Waals surface area contributed by atoms with E-state index in [4.69, 9.17) is 9.26 Å². The first kappa shape index (κ1) is 18.8. The summed E-state index contributed by atoms with van der Waals surface area (Å²) in [4.78, 5) is 30.8. The van der Waals surface area contributed by atoms with Crippen LogP contribution >= 0.6 is 0 Å². The fraction of sp³-hybridized carbons (Fsp3) is 0.778. The molecule has 1 atom stereocenters. The van der Waals surface area contributed by atoms with Gasteiger partial charge in [0.1, 0.15) is 12.6 Å². The standard InChI is InChI=1S/C18H28N4O4/c1-11(2)15(18-20-16(21-26-18)12-4-5-12)19-17(24)13-6-8-22(9-7-13)14(23)10-25-3/h11-13,15H,4-10H2,1-3H3,(H,19,24). The molecule has 26 heavy (non-hydrogen) atoms. The van der Waals surface area contributed by atoms with Crippen molar-refractivity contribution in [1.82, 2.24) is 20.4 Å². The van der Waals surface area contributed by atoms with Crippen molar-refractivity contribution in [3.8, 4) is 0 Å². The SMILES string of the molecule is COCC(=O)N1CCC(C(=O)NC(c2nc(C3CC3)no2)C(C)C)CC1. The Balaban J connectivity index is 1.56. The fourth-order valence-corrected chi connectivity index (χ4v) is 3.27. The van der Waals surface area contributed by atoms with E-state index in [9.17, 15) is 9.59 Å². The minimum absolute atomic E-state index is 0.00582. The Morgan fingerprint density at radius 1 is 1.27 bits per heavy atom. The van der Waals surface area contributed by atoms with Gasteiger partial charge in [-0.25, -0.2) is 0 Å². The van der Waals surface area contributed by atoms with Gasteiger partial charge in [0.2, 0.25) is 17.7 Å². The van der Waals surface area contributed by atoms with Crippen molar-refractivity contribution >= 4 is 11.8 Å². The summed E-state index contributed by atoms with van der Waals surface area (Å²) < 4.78 is 10.3. The van der Waals surface area contributed by atoms with E-state index in [1.54, 1.807) is 4.90 Å². The van der Waals surface area contributed by atoms with Gasteiger partial charge in [0.15, 0.2) is 5.82 Å². The third-order valence-corrected chi connectivity index (χ3v) is 5.12. The van der Waals surface area contributed by atoms with Crippen LogP contribution in [0.2, 0.25) is 0 Å². The number of amides is 2. The van der Waals surface area contributed by atoms with Crippen molar-refractivity contribution in [1.29, 1.82) is 0 Å². The van der Waals surface area contributed by atoms with Crippen LogP contribution in [0.4, 0.5) is 0 Å². The third-order valence-electron chi connectivity index (χ3n) is 5.12. The third kappa shape index (κ3) is 4.41. The highest BCUT2D eigenvalue weighted by Gasteiger charge is 2.33. The minimum Gasteiger partial charge on any atom is -0.375 e. The molecule has 1 aromatic rings. The second kappa shape index (κ2) is 8.16. The van der Waals surface area contributed by atoms with E-state index in [2.05, 4.69) is 15.5 Å². The number of methoxy groups -OCH3 is 1. The zero-order chi connectivity index (χ0) is 18.7. The predicted molar refractivity (Wildman–Crippen MR) is 93.2 cm³/mol. The number of ether oxygens (including phenoxy) is 1. The molecule has 8 nitrogen and oxygen atoms in total. The van der Waals surface area contributed by atoms with Gasteiger partial charge in [0.05, 0.1) is 0 Å². The zero-order valence-corrected chi connectivity index (χ0v) is 15.7. The maximum Gasteiger partial charge on any atom is 0.249 e. The monoisotopic (exact) mass is 364 g/mol. The molecule has 3 rings (SSSR count). The molecule has 1 saturated heterocycles. The molecular weight excluding hydrogens is 336 g/mol. The Hall–Kier alpha value is -1.96. The summed E-state index contributed by atoms with van der Waals surface area (Å²) in [6, 6.07) is -0.282. The average molecular weight is 364 g/mol. The summed E-state index contributed by atoms with van der Waals surface area (Å²) in [6.07, 6.45) is 3.53. The first-order valence-electron chi connectivity index (χ1n) is 9.40. The molecule has 0 bridgehead atoms. The van der Waals surface area contributed by atoms with Crippen LogP contribution in [0.25, 0.3) is 0 Å². The topological polar surface area (TPSA) is 97.6 Å². The number of piperidine rings is 1. The van der Waals surface area contributed by atoms with Gasteiger partial charge < -0.3 is 19.5 Å². The minimum atomic E-state index is -0.282. The lowest BCUT2D eigenvalue weighted by Gasteiger charge is -2.32. The quantitative estimate of drug-likeness (QED) is 0.790. The number of carbonyl (C=O) groups is 2. The molecule has 2 fully saturated rings. The van der Waals surface area contributed by atoms with E-state index in [-0.39, 0.29) is 36.3 Å². The Morgan fingerprint density at radius 3 is 2.54 bits per heavy atom. The van der Waals surface area contributed by atoms with Crippen LogP contribution in [0.5, 0.6) is 0 Å². The van der Waals surface area contributed by atoms with Crippen molar-refractivity contribution in [3.05, 3.63) is 11.7 Å². The van der Waals surface area contributed by atoms with Gasteiger partial charge in [-0.1, -0.05) is 19.0 Å². The number of nitrogens with one attached hydrogen (secondary N) is 1. The average Bonchev–Trinajstić information content (AvgIpc) is 3.37. The lowest BCUT2D eigenvalue weighted by atomic mass is 9.94. The lowest BCUT2D eigenvalue weighted by Crippen LogP contribution is -2.45. The number of carbonyl (C=O) groups excluding carboxylic acids is 2. The molecule has 1 N–H and O–H groups in total. The predicted octanol–water partition coefficient (Wildman–Crippen LogP) is 1.65. The van der Waals surface area contributed by atoms with Crippen molar-refractivity contribution in [2.45, 2.75) is 51.5 Å². The summed E-state index contributed by atoms with van der Waals surface area (Å²) >= 11 is 0. The molecule has 0 radical (unpaired) electrons. The summed E-state index contributed by atoms with van der Waals surface area (Å²) in [6.45, 7) is 5.31. The maximum absolute atomic E-state index is 12.7. The molecule has 1 aliphatic carbocycles. The highest BCUT2D eigenvalue weighted by atomic mass is 16.5. The van der Waals surface area contributed by atoms with Gasteiger partial charge >= 0.3 is 0 Å². The molecule has 1 saturated carbocycles. The number of hydrogen-bond donors (Lipinski definition) is 1. The molecule has 8 heteroatoms. The molecule has 0 aromatic carbocycles.